The lowest BCUT2D eigenvalue weighted by Crippen LogP contribution is -2.33. The minimum absolute atomic E-state index is 0.396. The average Bonchev–Trinajstić information content (AvgIpc) is 2.46. The highest BCUT2D eigenvalue weighted by Crippen LogP contribution is 2.36. The van der Waals surface area contributed by atoms with Crippen LogP contribution in [-0.4, -0.2) is 11.8 Å². The summed E-state index contributed by atoms with van der Waals surface area (Å²) in [5.74, 6) is 0.791. The first-order valence-electron chi connectivity index (χ1n) is 6.23. The molecule has 106 valence electrons. The summed E-state index contributed by atoms with van der Waals surface area (Å²) in [6.07, 6.45) is 0.699. The second-order valence-corrected chi connectivity index (χ2v) is 6.21. The highest BCUT2D eigenvalue weighted by atomic mass is 35.5. The van der Waals surface area contributed by atoms with Gasteiger partial charge in [0.15, 0.2) is 0 Å². The number of alkyl halides is 2. The van der Waals surface area contributed by atoms with Crippen molar-refractivity contribution in [2.45, 2.75) is 11.8 Å². The Hall–Kier alpha value is -0.400. The fourth-order valence-corrected chi connectivity index (χ4v) is 3.61. The lowest BCUT2D eigenvalue weighted by Gasteiger charge is -2.31. The van der Waals surface area contributed by atoms with E-state index in [2.05, 4.69) is 0 Å². The molecule has 0 atom stereocenters. The lowest BCUT2D eigenvalue weighted by molar-refractivity contribution is 0.536. The molecule has 2 rings (SSSR count). The van der Waals surface area contributed by atoms with E-state index >= 15 is 0 Å². The average molecular weight is 348 g/mol. The predicted octanol–water partition coefficient (Wildman–Crippen LogP) is 5.95. The fourth-order valence-electron chi connectivity index (χ4n) is 2.30. The Kier molecular flexibility index (Phi) is 5.63. The second kappa shape index (κ2) is 7.04. The molecule has 2 aromatic rings. The summed E-state index contributed by atoms with van der Waals surface area (Å²) in [5, 5.41) is 1.40. The van der Waals surface area contributed by atoms with E-state index in [1.165, 1.54) is 0 Å². The third kappa shape index (κ3) is 3.43. The maximum absolute atomic E-state index is 6.32. The van der Waals surface area contributed by atoms with Gasteiger partial charge < -0.3 is 0 Å². The van der Waals surface area contributed by atoms with Gasteiger partial charge in [-0.2, -0.15) is 0 Å². The molecule has 0 heterocycles. The van der Waals surface area contributed by atoms with Crippen LogP contribution in [-0.2, 0) is 11.8 Å². The summed E-state index contributed by atoms with van der Waals surface area (Å²) in [5.41, 5.74) is 1.68. The summed E-state index contributed by atoms with van der Waals surface area (Å²) in [7, 11) is 0. The standard InChI is InChI=1S/C16H14Cl4/c17-10-16(11-18,14-6-1-2-7-15(14)20)9-12-4-3-5-13(19)8-12/h1-8H,9-11H2. The maximum Gasteiger partial charge on any atom is 0.0444 e. The molecule has 20 heavy (non-hydrogen) atoms. The summed E-state index contributed by atoms with van der Waals surface area (Å²) in [6, 6.07) is 15.4. The Morgan fingerprint density at radius 1 is 0.850 bits per heavy atom. The van der Waals surface area contributed by atoms with Gasteiger partial charge in [0.2, 0.25) is 0 Å². The first-order chi connectivity index (χ1) is 9.61. The SMILES string of the molecule is ClCC(CCl)(Cc1cccc(Cl)c1)c1ccccc1Cl. The molecule has 0 saturated carbocycles. The van der Waals surface area contributed by atoms with Crippen molar-refractivity contribution in [3.63, 3.8) is 0 Å². The minimum atomic E-state index is -0.397. The molecule has 0 bridgehead atoms. The third-order valence-corrected chi connectivity index (χ3v) is 4.98. The lowest BCUT2D eigenvalue weighted by atomic mass is 9.78. The molecule has 2 aromatic carbocycles. The van der Waals surface area contributed by atoms with Crippen molar-refractivity contribution >= 4 is 46.4 Å². The van der Waals surface area contributed by atoms with Crippen LogP contribution in [0.3, 0.4) is 0 Å². The smallest absolute Gasteiger partial charge is 0.0444 e. The molecule has 0 fully saturated rings. The second-order valence-electron chi connectivity index (χ2n) is 4.83. The number of halogens is 4. The van der Waals surface area contributed by atoms with E-state index in [1.54, 1.807) is 0 Å². The Bertz CT molecular complexity index is 576. The van der Waals surface area contributed by atoms with E-state index in [9.17, 15) is 0 Å². The van der Waals surface area contributed by atoms with Crippen LogP contribution in [0.15, 0.2) is 48.5 Å². The van der Waals surface area contributed by atoms with Gasteiger partial charge >= 0.3 is 0 Å². The summed E-state index contributed by atoms with van der Waals surface area (Å²) >= 11 is 24.9. The van der Waals surface area contributed by atoms with Crippen LogP contribution < -0.4 is 0 Å². The van der Waals surface area contributed by atoms with E-state index in [0.29, 0.717) is 28.2 Å². The molecule has 0 aliphatic carbocycles. The fraction of sp³-hybridized carbons (Fsp3) is 0.250. The highest BCUT2D eigenvalue weighted by Gasteiger charge is 2.32. The first kappa shape index (κ1) is 16.0. The normalized spacial score (nSPS) is 11.6. The molecular formula is C16H14Cl4. The van der Waals surface area contributed by atoms with E-state index in [1.807, 2.05) is 48.5 Å². The predicted molar refractivity (Wildman–Crippen MR) is 89.7 cm³/mol. The number of rotatable bonds is 5. The molecule has 0 amide bonds. The molecule has 0 N–H and O–H groups in total. The molecule has 0 saturated heterocycles. The first-order valence-corrected chi connectivity index (χ1v) is 8.05. The van der Waals surface area contributed by atoms with E-state index < -0.39 is 5.41 Å². The van der Waals surface area contributed by atoms with Crippen molar-refractivity contribution in [1.82, 2.24) is 0 Å². The Morgan fingerprint density at radius 2 is 1.55 bits per heavy atom. The number of hydrogen-bond acceptors (Lipinski definition) is 0. The maximum atomic E-state index is 6.32. The van der Waals surface area contributed by atoms with Gasteiger partial charge in [0.1, 0.15) is 0 Å². The van der Waals surface area contributed by atoms with Crippen molar-refractivity contribution in [3.8, 4) is 0 Å². The molecule has 0 aliphatic rings. The molecule has 0 aromatic heterocycles. The highest BCUT2D eigenvalue weighted by molar-refractivity contribution is 6.32. The summed E-state index contributed by atoms with van der Waals surface area (Å²) < 4.78 is 0. The zero-order valence-corrected chi connectivity index (χ0v) is 13.8. The van der Waals surface area contributed by atoms with Crippen molar-refractivity contribution in [1.29, 1.82) is 0 Å². The summed E-state index contributed by atoms with van der Waals surface area (Å²) in [6.45, 7) is 0. The minimum Gasteiger partial charge on any atom is -0.126 e. The quantitative estimate of drug-likeness (QED) is 0.586. The van der Waals surface area contributed by atoms with E-state index in [-0.39, 0.29) is 0 Å². The van der Waals surface area contributed by atoms with Gasteiger partial charge in [0.05, 0.1) is 0 Å². The van der Waals surface area contributed by atoms with Crippen molar-refractivity contribution in [2.24, 2.45) is 0 Å². The Balaban J connectivity index is 2.42. The molecular weight excluding hydrogens is 334 g/mol. The zero-order valence-electron chi connectivity index (χ0n) is 10.8. The van der Waals surface area contributed by atoms with Crippen LogP contribution in [0.1, 0.15) is 11.1 Å². The van der Waals surface area contributed by atoms with Gasteiger partial charge in [-0.25, -0.2) is 0 Å². The van der Waals surface area contributed by atoms with E-state index in [4.69, 9.17) is 46.4 Å². The van der Waals surface area contributed by atoms with Gasteiger partial charge in [-0.05, 0) is 35.7 Å². The van der Waals surface area contributed by atoms with Gasteiger partial charge in [-0.15, -0.1) is 23.2 Å². The van der Waals surface area contributed by atoms with Crippen LogP contribution in [0, 0.1) is 0 Å². The summed E-state index contributed by atoms with van der Waals surface area (Å²) in [4.78, 5) is 0. The van der Waals surface area contributed by atoms with Crippen molar-refractivity contribution in [2.75, 3.05) is 11.8 Å². The van der Waals surface area contributed by atoms with Crippen LogP contribution in [0.25, 0.3) is 0 Å². The Morgan fingerprint density at radius 3 is 2.15 bits per heavy atom. The molecule has 0 nitrogen and oxygen atoms in total. The molecule has 0 spiro atoms. The van der Waals surface area contributed by atoms with Crippen LogP contribution in [0.2, 0.25) is 10.0 Å². The molecule has 0 radical (unpaired) electrons. The third-order valence-electron chi connectivity index (χ3n) is 3.39. The molecule has 0 unspecified atom stereocenters. The molecule has 0 aliphatic heterocycles. The zero-order chi connectivity index (χ0) is 14.6. The van der Waals surface area contributed by atoms with Crippen molar-refractivity contribution < 1.29 is 0 Å². The topological polar surface area (TPSA) is 0 Å². The Labute approximate surface area is 139 Å². The number of benzene rings is 2. The van der Waals surface area contributed by atoms with Crippen molar-refractivity contribution in [3.05, 3.63) is 69.7 Å². The van der Waals surface area contributed by atoms with Crippen LogP contribution >= 0.6 is 46.4 Å². The van der Waals surface area contributed by atoms with Crippen LogP contribution in [0.4, 0.5) is 0 Å². The molecule has 4 heteroatoms. The van der Waals surface area contributed by atoms with Gasteiger partial charge in [-0.1, -0.05) is 53.5 Å². The largest absolute Gasteiger partial charge is 0.126 e. The van der Waals surface area contributed by atoms with E-state index in [0.717, 1.165) is 11.1 Å². The number of hydrogen-bond donors (Lipinski definition) is 0. The van der Waals surface area contributed by atoms with Gasteiger partial charge in [-0.3, -0.25) is 0 Å². The van der Waals surface area contributed by atoms with Gasteiger partial charge in [0, 0.05) is 27.2 Å². The van der Waals surface area contributed by atoms with Gasteiger partial charge in [0.25, 0.3) is 0 Å². The monoisotopic (exact) mass is 346 g/mol. The van der Waals surface area contributed by atoms with Crippen LogP contribution in [0.5, 0.6) is 0 Å².